The van der Waals surface area contributed by atoms with Crippen LogP contribution in [0.2, 0.25) is 0 Å². The monoisotopic (exact) mass is 371 g/mol. The van der Waals surface area contributed by atoms with E-state index in [1.807, 2.05) is 0 Å². The first-order valence-corrected chi connectivity index (χ1v) is 9.51. The van der Waals surface area contributed by atoms with E-state index in [9.17, 15) is 27.2 Å². The number of esters is 1. The lowest BCUT2D eigenvalue weighted by atomic mass is 10.1. The van der Waals surface area contributed by atoms with E-state index in [-0.39, 0.29) is 35.7 Å². The average molecular weight is 371 g/mol. The number of hydrogen-bond acceptors (Lipinski definition) is 6. The Morgan fingerprint density at radius 1 is 1.16 bits per heavy atom. The fraction of sp³-hybridized carbons (Fsp3) is 0.438. The Morgan fingerprint density at radius 3 is 2.44 bits per heavy atom. The second-order valence-electron chi connectivity index (χ2n) is 5.76. The maximum Gasteiger partial charge on any atom is 0.306 e. The van der Waals surface area contributed by atoms with E-state index in [1.54, 1.807) is 0 Å². The third-order valence-corrected chi connectivity index (χ3v) is 5.45. The molecule has 1 aromatic rings. The molecule has 2 rings (SSSR count). The van der Waals surface area contributed by atoms with Gasteiger partial charge in [0.15, 0.2) is 22.2 Å². The van der Waals surface area contributed by atoms with Crippen LogP contribution in [0.3, 0.4) is 0 Å². The first-order chi connectivity index (χ1) is 11.7. The van der Waals surface area contributed by atoms with Gasteiger partial charge in [-0.15, -0.1) is 0 Å². The molecule has 1 aliphatic rings. The summed E-state index contributed by atoms with van der Waals surface area (Å²) < 4.78 is 40.1. The first kappa shape index (κ1) is 19.0. The molecule has 1 atom stereocenters. The number of carbonyl (C=O) groups is 3. The van der Waals surface area contributed by atoms with Crippen LogP contribution < -0.4 is 5.32 Å². The van der Waals surface area contributed by atoms with Gasteiger partial charge in [0.25, 0.3) is 5.91 Å². The minimum Gasteiger partial charge on any atom is -0.456 e. The van der Waals surface area contributed by atoms with Gasteiger partial charge in [-0.25, -0.2) is 12.8 Å². The predicted octanol–water partition coefficient (Wildman–Crippen LogP) is 0.635. The zero-order valence-corrected chi connectivity index (χ0v) is 14.2. The van der Waals surface area contributed by atoms with Crippen molar-refractivity contribution >= 4 is 27.5 Å². The number of nitrogens with one attached hydrogen (secondary N) is 1. The number of sulfone groups is 1. The molecular weight excluding hydrogens is 353 g/mol. The molecule has 1 amide bonds. The summed E-state index contributed by atoms with van der Waals surface area (Å²) in [5.74, 6) is -2.18. The Labute approximate surface area is 144 Å². The first-order valence-electron chi connectivity index (χ1n) is 7.69. The van der Waals surface area contributed by atoms with Crippen LogP contribution in [0.4, 0.5) is 4.39 Å². The van der Waals surface area contributed by atoms with Crippen LogP contribution >= 0.6 is 0 Å². The van der Waals surface area contributed by atoms with E-state index in [2.05, 4.69) is 5.32 Å². The molecule has 0 radical (unpaired) electrons. The number of Topliss-reactive ketones (excluding diaryl/α,β-unsaturated/α-hetero) is 1. The molecule has 1 fully saturated rings. The van der Waals surface area contributed by atoms with E-state index in [0.717, 1.165) is 12.1 Å². The highest BCUT2D eigenvalue weighted by atomic mass is 32.2. The summed E-state index contributed by atoms with van der Waals surface area (Å²) in [4.78, 5) is 35.0. The molecule has 0 aromatic heterocycles. The van der Waals surface area contributed by atoms with Crippen molar-refractivity contribution in [3.63, 3.8) is 0 Å². The molecular formula is C16H18FNO6S. The van der Waals surface area contributed by atoms with Crippen LogP contribution in [-0.2, 0) is 24.2 Å². The standard InChI is InChI=1S/C16H18FNO6S/c17-12-3-1-11(2-4-12)14(19)5-6-16(21)24-9-15(20)18-13-7-8-25(22,23)10-13/h1-4,13H,5-10H2,(H,18,20)/t13-/m0/s1. The van der Waals surface area contributed by atoms with Crippen LogP contribution in [0.5, 0.6) is 0 Å². The lowest BCUT2D eigenvalue weighted by molar-refractivity contribution is -0.148. The molecule has 136 valence electrons. The molecule has 0 unspecified atom stereocenters. The second kappa shape index (κ2) is 8.19. The zero-order chi connectivity index (χ0) is 18.4. The van der Waals surface area contributed by atoms with Crippen molar-refractivity contribution < 1.29 is 31.9 Å². The average Bonchev–Trinajstić information content (AvgIpc) is 2.90. The van der Waals surface area contributed by atoms with Crippen LogP contribution in [0.15, 0.2) is 24.3 Å². The minimum absolute atomic E-state index is 0.0310. The normalized spacial score (nSPS) is 18.5. The Hall–Kier alpha value is -2.29. The van der Waals surface area contributed by atoms with Gasteiger partial charge in [0.05, 0.1) is 17.9 Å². The van der Waals surface area contributed by atoms with Crippen molar-refractivity contribution in [3.8, 4) is 0 Å². The van der Waals surface area contributed by atoms with Crippen LogP contribution in [0, 0.1) is 5.82 Å². The largest absolute Gasteiger partial charge is 0.456 e. The molecule has 0 saturated carbocycles. The smallest absolute Gasteiger partial charge is 0.306 e. The fourth-order valence-corrected chi connectivity index (χ4v) is 4.07. The zero-order valence-electron chi connectivity index (χ0n) is 13.4. The van der Waals surface area contributed by atoms with Gasteiger partial charge in [-0.3, -0.25) is 14.4 Å². The van der Waals surface area contributed by atoms with Gasteiger partial charge in [-0.05, 0) is 30.7 Å². The molecule has 0 spiro atoms. The predicted molar refractivity (Wildman–Crippen MR) is 86.1 cm³/mol. The number of carbonyl (C=O) groups excluding carboxylic acids is 3. The molecule has 1 saturated heterocycles. The molecule has 0 bridgehead atoms. The third-order valence-electron chi connectivity index (χ3n) is 3.68. The van der Waals surface area contributed by atoms with Crippen LogP contribution in [0.25, 0.3) is 0 Å². The number of ether oxygens (including phenoxy) is 1. The van der Waals surface area contributed by atoms with Gasteiger partial charge in [0, 0.05) is 18.0 Å². The van der Waals surface area contributed by atoms with Gasteiger partial charge in [0.1, 0.15) is 5.82 Å². The van der Waals surface area contributed by atoms with Gasteiger partial charge in [-0.1, -0.05) is 0 Å². The van der Waals surface area contributed by atoms with Crippen molar-refractivity contribution in [2.75, 3.05) is 18.1 Å². The number of hydrogen-bond donors (Lipinski definition) is 1. The minimum atomic E-state index is -3.10. The lowest BCUT2D eigenvalue weighted by Gasteiger charge is -2.11. The van der Waals surface area contributed by atoms with Gasteiger partial charge in [0.2, 0.25) is 0 Å². The summed E-state index contributed by atoms with van der Waals surface area (Å²) in [7, 11) is -3.10. The third kappa shape index (κ3) is 6.26. The summed E-state index contributed by atoms with van der Waals surface area (Å²) in [6, 6.07) is 4.49. The number of halogens is 1. The van der Waals surface area contributed by atoms with E-state index in [4.69, 9.17) is 4.74 Å². The second-order valence-corrected chi connectivity index (χ2v) is 7.99. The number of benzene rings is 1. The van der Waals surface area contributed by atoms with Gasteiger partial charge in [-0.2, -0.15) is 0 Å². The number of ketones is 1. The van der Waals surface area contributed by atoms with Crippen LogP contribution in [-0.4, -0.2) is 50.2 Å². The van der Waals surface area contributed by atoms with Crippen molar-refractivity contribution in [3.05, 3.63) is 35.6 Å². The molecule has 1 aromatic carbocycles. The highest BCUT2D eigenvalue weighted by Crippen LogP contribution is 2.11. The summed E-state index contributed by atoms with van der Waals surface area (Å²) in [6.45, 7) is -0.528. The molecule has 7 nitrogen and oxygen atoms in total. The van der Waals surface area contributed by atoms with Gasteiger partial charge < -0.3 is 10.1 Å². The van der Waals surface area contributed by atoms with E-state index in [0.29, 0.717) is 6.42 Å². The fourth-order valence-electron chi connectivity index (χ4n) is 2.39. The van der Waals surface area contributed by atoms with Crippen molar-refractivity contribution in [1.82, 2.24) is 5.32 Å². The van der Waals surface area contributed by atoms with Gasteiger partial charge >= 0.3 is 5.97 Å². The summed E-state index contributed by atoms with van der Waals surface area (Å²) >= 11 is 0. The maximum absolute atomic E-state index is 12.8. The Morgan fingerprint density at radius 2 is 1.84 bits per heavy atom. The van der Waals surface area contributed by atoms with Crippen molar-refractivity contribution in [1.29, 1.82) is 0 Å². The SMILES string of the molecule is O=C(COC(=O)CCC(=O)c1ccc(F)cc1)N[C@H]1CCS(=O)(=O)C1. The molecule has 1 N–H and O–H groups in total. The highest BCUT2D eigenvalue weighted by molar-refractivity contribution is 7.91. The Kier molecular flexibility index (Phi) is 6.24. The molecule has 1 aliphatic heterocycles. The van der Waals surface area contributed by atoms with Crippen molar-refractivity contribution in [2.45, 2.75) is 25.3 Å². The summed E-state index contributed by atoms with van der Waals surface area (Å²) in [6.07, 6.45) is 0.0163. The number of amides is 1. The highest BCUT2D eigenvalue weighted by Gasteiger charge is 2.29. The Balaban J connectivity index is 1.67. The molecule has 9 heteroatoms. The van der Waals surface area contributed by atoms with E-state index in [1.165, 1.54) is 12.1 Å². The quantitative estimate of drug-likeness (QED) is 0.557. The summed E-state index contributed by atoms with van der Waals surface area (Å²) in [5.41, 5.74) is 0.286. The molecule has 25 heavy (non-hydrogen) atoms. The van der Waals surface area contributed by atoms with Crippen LogP contribution in [0.1, 0.15) is 29.6 Å². The number of rotatable bonds is 7. The Bertz CT molecular complexity index is 759. The van der Waals surface area contributed by atoms with E-state index >= 15 is 0 Å². The van der Waals surface area contributed by atoms with Crippen molar-refractivity contribution in [2.24, 2.45) is 0 Å². The topological polar surface area (TPSA) is 107 Å². The molecule has 0 aliphatic carbocycles. The maximum atomic E-state index is 12.8. The lowest BCUT2D eigenvalue weighted by Crippen LogP contribution is -2.38. The van der Waals surface area contributed by atoms with E-state index < -0.39 is 40.2 Å². The molecule has 1 heterocycles. The summed E-state index contributed by atoms with van der Waals surface area (Å²) in [5, 5.41) is 2.49.